The minimum Gasteiger partial charge on any atom is -0.496 e. The van der Waals surface area contributed by atoms with Gasteiger partial charge in [-0.3, -0.25) is 4.79 Å². The van der Waals surface area contributed by atoms with Crippen molar-refractivity contribution in [2.75, 3.05) is 7.11 Å². The number of aliphatic carboxylic acids is 1. The number of carbonyl (C=O) groups is 1. The summed E-state index contributed by atoms with van der Waals surface area (Å²) in [6.07, 6.45) is -4.92. The van der Waals surface area contributed by atoms with Crippen LogP contribution in [0.3, 0.4) is 0 Å². The molecule has 0 amide bonds. The molecule has 0 aliphatic rings. The number of carboxylic acid groups (broad SMARTS) is 1. The molecule has 0 heterocycles. The van der Waals surface area contributed by atoms with E-state index < -0.39 is 39.0 Å². The summed E-state index contributed by atoms with van der Waals surface area (Å²) < 4.78 is 72.6. The van der Waals surface area contributed by atoms with Crippen molar-refractivity contribution in [2.24, 2.45) is 0 Å². The molecule has 2 aromatic rings. The van der Waals surface area contributed by atoms with Crippen molar-refractivity contribution in [3.05, 3.63) is 52.5 Å². The van der Waals surface area contributed by atoms with E-state index in [4.69, 9.17) is 4.74 Å². The van der Waals surface area contributed by atoms with Gasteiger partial charge in [0.05, 0.1) is 16.5 Å². The second kappa shape index (κ2) is 8.37. The van der Waals surface area contributed by atoms with Gasteiger partial charge in [-0.15, -0.1) is 13.2 Å². The number of methoxy groups -OCH3 is 1. The molecular weight excluding hydrogens is 471 g/mol. The number of ether oxygens (including phenoxy) is 2. The van der Waals surface area contributed by atoms with Crippen molar-refractivity contribution in [3.8, 4) is 11.5 Å². The van der Waals surface area contributed by atoms with Gasteiger partial charge in [0.15, 0.2) is 0 Å². The summed E-state index contributed by atoms with van der Waals surface area (Å²) in [5, 5.41) is 9.41. The van der Waals surface area contributed by atoms with Gasteiger partial charge >= 0.3 is 12.3 Å². The first-order valence-electron chi connectivity index (χ1n) is 7.37. The lowest BCUT2D eigenvalue weighted by atomic mass is 10.1. The summed E-state index contributed by atoms with van der Waals surface area (Å²) in [7, 11) is -2.95. The van der Waals surface area contributed by atoms with E-state index in [1.165, 1.54) is 25.3 Å². The second-order valence-electron chi connectivity index (χ2n) is 5.31. The molecule has 0 spiro atoms. The van der Waals surface area contributed by atoms with Crippen LogP contribution < -0.4 is 14.2 Å². The molecule has 28 heavy (non-hydrogen) atoms. The summed E-state index contributed by atoms with van der Waals surface area (Å²) in [6.45, 7) is 0. The topological polar surface area (TPSA) is 102 Å². The maximum Gasteiger partial charge on any atom is 0.573 e. The van der Waals surface area contributed by atoms with E-state index in [9.17, 15) is 31.5 Å². The molecule has 0 saturated heterocycles. The Labute approximate surface area is 166 Å². The minimum absolute atomic E-state index is 0.112. The maximum atomic E-state index is 12.5. The zero-order valence-electron chi connectivity index (χ0n) is 14.0. The number of alkyl halides is 3. The molecule has 0 unspecified atom stereocenters. The van der Waals surface area contributed by atoms with Gasteiger partial charge in [-0.2, -0.15) is 4.72 Å². The van der Waals surface area contributed by atoms with Crippen molar-refractivity contribution in [1.82, 2.24) is 4.72 Å². The Balaban J connectivity index is 2.29. The Morgan fingerprint density at radius 3 is 2.25 bits per heavy atom. The monoisotopic (exact) mass is 483 g/mol. The highest BCUT2D eigenvalue weighted by Crippen LogP contribution is 2.29. The fourth-order valence-corrected chi connectivity index (χ4v) is 3.90. The Morgan fingerprint density at radius 2 is 1.79 bits per heavy atom. The van der Waals surface area contributed by atoms with Gasteiger partial charge in [-0.05, 0) is 57.9 Å². The van der Waals surface area contributed by atoms with Crippen LogP contribution in [0.5, 0.6) is 11.5 Å². The third-order valence-electron chi connectivity index (χ3n) is 3.40. The standard InChI is InChI=1S/C16H13BrF3NO6S/c1-26-13-7-2-9(8-12(13)17)14(15(22)23)21-28(24,25)11-5-3-10(4-6-11)27-16(18,19)20/h2-8,14,21H,1H3,(H,22,23)/t14-/m0/s1. The molecule has 152 valence electrons. The van der Waals surface area contributed by atoms with E-state index in [0.29, 0.717) is 10.2 Å². The Morgan fingerprint density at radius 1 is 1.18 bits per heavy atom. The molecule has 2 aromatic carbocycles. The van der Waals surface area contributed by atoms with Crippen LogP contribution in [0, 0.1) is 0 Å². The van der Waals surface area contributed by atoms with Gasteiger partial charge in [0.2, 0.25) is 10.0 Å². The van der Waals surface area contributed by atoms with Crippen LogP contribution in [0.15, 0.2) is 51.8 Å². The Bertz CT molecular complexity index is 963. The minimum atomic E-state index is -4.92. The van der Waals surface area contributed by atoms with E-state index >= 15 is 0 Å². The molecule has 0 bridgehead atoms. The summed E-state index contributed by atoms with van der Waals surface area (Å²) in [5.41, 5.74) is 0.112. The quantitative estimate of drug-likeness (QED) is 0.625. The van der Waals surface area contributed by atoms with E-state index in [2.05, 4.69) is 20.7 Å². The summed E-state index contributed by atoms with van der Waals surface area (Å²) in [5.74, 6) is -1.67. The number of halogens is 4. The van der Waals surface area contributed by atoms with Crippen LogP contribution in [0.4, 0.5) is 13.2 Å². The number of hydrogen-bond acceptors (Lipinski definition) is 5. The summed E-state index contributed by atoms with van der Waals surface area (Å²) >= 11 is 3.18. The first kappa shape index (κ1) is 22.0. The Kier molecular flexibility index (Phi) is 6.57. The van der Waals surface area contributed by atoms with Crippen molar-refractivity contribution >= 4 is 31.9 Å². The summed E-state index contributed by atoms with van der Waals surface area (Å²) in [4.78, 5) is 11.1. The smallest absolute Gasteiger partial charge is 0.496 e. The molecule has 0 fully saturated rings. The molecule has 1 atom stereocenters. The molecule has 0 aliphatic heterocycles. The predicted octanol–water partition coefficient (Wildman–Crippen LogP) is 3.46. The largest absolute Gasteiger partial charge is 0.573 e. The number of benzene rings is 2. The average molecular weight is 484 g/mol. The number of nitrogens with one attached hydrogen (secondary N) is 1. The lowest BCUT2D eigenvalue weighted by Gasteiger charge is -2.16. The molecule has 12 heteroatoms. The molecule has 0 saturated carbocycles. The first-order chi connectivity index (χ1) is 12.9. The maximum absolute atomic E-state index is 12.5. The lowest BCUT2D eigenvalue weighted by Crippen LogP contribution is -2.33. The van der Waals surface area contributed by atoms with Gasteiger partial charge in [0.25, 0.3) is 0 Å². The molecule has 0 radical (unpaired) electrons. The number of sulfonamides is 1. The molecular formula is C16H13BrF3NO6S. The van der Waals surface area contributed by atoms with Crippen molar-refractivity contribution in [2.45, 2.75) is 17.3 Å². The number of rotatable bonds is 7. The molecule has 0 aliphatic carbocycles. The molecule has 2 rings (SSSR count). The van der Waals surface area contributed by atoms with Gasteiger partial charge < -0.3 is 14.6 Å². The Hall–Kier alpha value is -2.31. The molecule has 0 aromatic heterocycles. The first-order valence-corrected chi connectivity index (χ1v) is 9.65. The van der Waals surface area contributed by atoms with E-state index in [0.717, 1.165) is 24.3 Å². The highest BCUT2D eigenvalue weighted by molar-refractivity contribution is 9.10. The molecule has 2 N–H and O–H groups in total. The van der Waals surface area contributed by atoms with Gasteiger partial charge in [0.1, 0.15) is 17.5 Å². The fourth-order valence-electron chi connectivity index (χ4n) is 2.17. The van der Waals surface area contributed by atoms with Gasteiger partial charge in [-0.25, -0.2) is 8.42 Å². The van der Waals surface area contributed by atoms with Gasteiger partial charge in [-0.1, -0.05) is 6.07 Å². The third-order valence-corrected chi connectivity index (χ3v) is 5.46. The SMILES string of the molecule is COc1ccc([C@H](NS(=O)(=O)c2ccc(OC(F)(F)F)cc2)C(=O)O)cc1Br. The van der Waals surface area contributed by atoms with Gasteiger partial charge in [0, 0.05) is 0 Å². The zero-order valence-corrected chi connectivity index (χ0v) is 16.4. The van der Waals surface area contributed by atoms with Crippen molar-refractivity contribution < 1.29 is 41.0 Å². The van der Waals surface area contributed by atoms with Crippen LogP contribution in [0.2, 0.25) is 0 Å². The van der Waals surface area contributed by atoms with E-state index in [1.807, 2.05) is 4.72 Å². The summed E-state index contributed by atoms with van der Waals surface area (Å²) in [6, 6.07) is 5.90. The van der Waals surface area contributed by atoms with Crippen LogP contribution in [-0.4, -0.2) is 33.0 Å². The third kappa shape index (κ3) is 5.59. The van der Waals surface area contributed by atoms with E-state index in [-0.39, 0.29) is 5.56 Å². The predicted molar refractivity (Wildman–Crippen MR) is 94.5 cm³/mol. The number of hydrogen-bond donors (Lipinski definition) is 2. The average Bonchev–Trinajstić information content (AvgIpc) is 2.58. The van der Waals surface area contributed by atoms with Crippen LogP contribution in [0.1, 0.15) is 11.6 Å². The van der Waals surface area contributed by atoms with Crippen molar-refractivity contribution in [1.29, 1.82) is 0 Å². The molecule has 7 nitrogen and oxygen atoms in total. The van der Waals surface area contributed by atoms with Crippen molar-refractivity contribution in [3.63, 3.8) is 0 Å². The fraction of sp³-hybridized carbons (Fsp3) is 0.188. The second-order valence-corrected chi connectivity index (χ2v) is 7.87. The highest BCUT2D eigenvalue weighted by atomic mass is 79.9. The zero-order chi connectivity index (χ0) is 21.1. The number of carboxylic acids is 1. The van der Waals surface area contributed by atoms with Crippen LogP contribution in [-0.2, 0) is 14.8 Å². The highest BCUT2D eigenvalue weighted by Gasteiger charge is 2.31. The normalized spacial score (nSPS) is 13.0. The van der Waals surface area contributed by atoms with Crippen LogP contribution in [0.25, 0.3) is 0 Å². The lowest BCUT2D eigenvalue weighted by molar-refractivity contribution is -0.274. The van der Waals surface area contributed by atoms with Crippen LogP contribution >= 0.6 is 15.9 Å². The van der Waals surface area contributed by atoms with E-state index in [1.54, 1.807) is 0 Å².